The predicted octanol–water partition coefficient (Wildman–Crippen LogP) is 8.25. The highest BCUT2D eigenvalue weighted by molar-refractivity contribution is 5.29. The van der Waals surface area contributed by atoms with Crippen LogP contribution in [0.5, 0.6) is 5.75 Å². The third kappa shape index (κ3) is 7.15. The monoisotopic (exact) mass is 400 g/mol. The van der Waals surface area contributed by atoms with E-state index in [0.717, 1.165) is 42.4 Å². The molecular weight excluding hydrogens is 359 g/mol. The van der Waals surface area contributed by atoms with Crippen LogP contribution in [0.2, 0.25) is 0 Å². The first-order chi connectivity index (χ1) is 14.3. The van der Waals surface area contributed by atoms with E-state index in [9.17, 15) is 4.39 Å². The summed E-state index contributed by atoms with van der Waals surface area (Å²) in [5.74, 6) is 4.65. The van der Waals surface area contributed by atoms with Gasteiger partial charge in [-0.15, -0.1) is 0 Å². The van der Waals surface area contributed by atoms with E-state index in [-0.39, 0.29) is 6.67 Å². The van der Waals surface area contributed by atoms with Crippen molar-refractivity contribution >= 4 is 0 Å². The molecule has 0 aliphatic heterocycles. The highest BCUT2D eigenvalue weighted by Crippen LogP contribution is 2.44. The number of rotatable bonds is 10. The van der Waals surface area contributed by atoms with Gasteiger partial charge in [-0.3, -0.25) is 4.39 Å². The molecule has 0 saturated heterocycles. The molecule has 0 spiro atoms. The Labute approximate surface area is 178 Å². The van der Waals surface area contributed by atoms with E-state index in [1.165, 1.54) is 69.8 Å². The first kappa shape index (κ1) is 22.4. The lowest BCUT2D eigenvalue weighted by Crippen LogP contribution is -2.25. The molecule has 0 unspecified atom stereocenters. The fourth-order valence-corrected chi connectivity index (χ4v) is 5.70. The zero-order valence-electron chi connectivity index (χ0n) is 18.5. The maximum Gasteiger partial charge on any atom is 0.119 e. The minimum atomic E-state index is -0.220. The van der Waals surface area contributed by atoms with E-state index < -0.39 is 0 Å². The van der Waals surface area contributed by atoms with Gasteiger partial charge in [-0.25, -0.2) is 0 Å². The SMILES string of the molecule is CCOc1ccc(C2CCC(C3CCC(CCCC=CCCF)CC3)CC2)cc1. The highest BCUT2D eigenvalue weighted by atomic mass is 19.1. The van der Waals surface area contributed by atoms with E-state index in [2.05, 4.69) is 30.3 Å². The largest absolute Gasteiger partial charge is 0.494 e. The number of ether oxygens (including phenoxy) is 1. The van der Waals surface area contributed by atoms with Crippen LogP contribution in [0.25, 0.3) is 0 Å². The molecule has 1 aromatic carbocycles. The van der Waals surface area contributed by atoms with Crippen LogP contribution < -0.4 is 4.74 Å². The molecule has 2 fully saturated rings. The number of alkyl halides is 1. The van der Waals surface area contributed by atoms with Crippen LogP contribution in [-0.4, -0.2) is 13.3 Å². The van der Waals surface area contributed by atoms with E-state index in [0.29, 0.717) is 6.42 Å². The normalized spacial score (nSPS) is 27.9. The van der Waals surface area contributed by atoms with Crippen molar-refractivity contribution in [1.29, 1.82) is 0 Å². The van der Waals surface area contributed by atoms with Gasteiger partial charge in [-0.05, 0) is 106 Å². The molecule has 29 heavy (non-hydrogen) atoms. The van der Waals surface area contributed by atoms with Crippen molar-refractivity contribution in [1.82, 2.24) is 0 Å². The van der Waals surface area contributed by atoms with Crippen LogP contribution in [-0.2, 0) is 0 Å². The second-order valence-corrected chi connectivity index (χ2v) is 9.27. The van der Waals surface area contributed by atoms with Gasteiger partial charge in [-0.1, -0.05) is 43.5 Å². The summed E-state index contributed by atoms with van der Waals surface area (Å²) >= 11 is 0. The number of hydrogen-bond donors (Lipinski definition) is 0. The summed E-state index contributed by atoms with van der Waals surface area (Å²) in [6.45, 7) is 2.56. The van der Waals surface area contributed by atoms with Crippen LogP contribution in [0.4, 0.5) is 4.39 Å². The molecule has 0 atom stereocenters. The lowest BCUT2D eigenvalue weighted by Gasteiger charge is -2.38. The van der Waals surface area contributed by atoms with E-state index in [1.54, 1.807) is 0 Å². The topological polar surface area (TPSA) is 9.23 Å². The Bertz CT molecular complexity index is 577. The van der Waals surface area contributed by atoms with Crippen molar-refractivity contribution in [3.63, 3.8) is 0 Å². The summed E-state index contributed by atoms with van der Waals surface area (Å²) < 4.78 is 17.7. The Morgan fingerprint density at radius 1 is 0.862 bits per heavy atom. The Hall–Kier alpha value is -1.31. The van der Waals surface area contributed by atoms with Gasteiger partial charge in [0.25, 0.3) is 0 Å². The standard InChI is InChI=1S/C27H41FO/c1-2-29-27-19-17-26(18-20-27)25-15-13-24(14-16-25)23-11-9-22(10-12-23)8-6-4-3-5-7-21-28/h3,5,17-20,22-25H,2,4,6-16,21H2,1H3. The average Bonchev–Trinajstić information content (AvgIpc) is 2.78. The lowest BCUT2D eigenvalue weighted by molar-refractivity contribution is 0.156. The molecule has 2 heteroatoms. The summed E-state index contributed by atoms with van der Waals surface area (Å²) in [5.41, 5.74) is 1.51. The molecule has 0 heterocycles. The average molecular weight is 401 g/mol. The molecule has 1 nitrogen and oxygen atoms in total. The van der Waals surface area contributed by atoms with Crippen LogP contribution in [0.1, 0.15) is 95.5 Å². The van der Waals surface area contributed by atoms with Gasteiger partial charge in [0.15, 0.2) is 0 Å². The molecule has 1 aromatic rings. The molecule has 2 aliphatic carbocycles. The fourth-order valence-electron chi connectivity index (χ4n) is 5.70. The van der Waals surface area contributed by atoms with Gasteiger partial charge >= 0.3 is 0 Å². The molecule has 2 saturated carbocycles. The maximum atomic E-state index is 12.1. The van der Waals surface area contributed by atoms with E-state index in [4.69, 9.17) is 4.74 Å². The van der Waals surface area contributed by atoms with Crippen LogP contribution in [0.3, 0.4) is 0 Å². The molecule has 162 valence electrons. The zero-order valence-corrected chi connectivity index (χ0v) is 18.5. The van der Waals surface area contributed by atoms with Crippen molar-refractivity contribution in [3.05, 3.63) is 42.0 Å². The third-order valence-corrected chi connectivity index (χ3v) is 7.42. The van der Waals surface area contributed by atoms with Crippen LogP contribution in [0.15, 0.2) is 36.4 Å². The lowest BCUT2D eigenvalue weighted by atomic mass is 9.68. The van der Waals surface area contributed by atoms with Crippen molar-refractivity contribution < 1.29 is 9.13 Å². The molecule has 3 rings (SSSR count). The van der Waals surface area contributed by atoms with Gasteiger partial charge in [0.2, 0.25) is 0 Å². The second-order valence-electron chi connectivity index (χ2n) is 9.27. The van der Waals surface area contributed by atoms with Gasteiger partial charge in [0.1, 0.15) is 5.75 Å². The Kier molecular flexibility index (Phi) is 9.57. The Morgan fingerprint density at radius 2 is 1.48 bits per heavy atom. The molecule has 0 amide bonds. The summed E-state index contributed by atoms with van der Waals surface area (Å²) in [6, 6.07) is 8.86. The smallest absolute Gasteiger partial charge is 0.119 e. The third-order valence-electron chi connectivity index (χ3n) is 7.42. The van der Waals surface area contributed by atoms with Gasteiger partial charge in [0.05, 0.1) is 13.3 Å². The Balaban J connectivity index is 1.33. The van der Waals surface area contributed by atoms with Gasteiger partial charge in [0, 0.05) is 0 Å². The molecule has 0 bridgehead atoms. The number of halogens is 1. The van der Waals surface area contributed by atoms with Crippen molar-refractivity contribution in [2.75, 3.05) is 13.3 Å². The van der Waals surface area contributed by atoms with Crippen LogP contribution in [0, 0.1) is 17.8 Å². The highest BCUT2D eigenvalue weighted by Gasteiger charge is 2.31. The van der Waals surface area contributed by atoms with Crippen molar-refractivity contribution in [3.8, 4) is 5.75 Å². The van der Waals surface area contributed by atoms with Gasteiger partial charge < -0.3 is 4.74 Å². The zero-order chi connectivity index (χ0) is 20.3. The van der Waals surface area contributed by atoms with Crippen molar-refractivity contribution in [2.24, 2.45) is 17.8 Å². The van der Waals surface area contributed by atoms with Crippen LogP contribution >= 0.6 is 0 Å². The fraction of sp³-hybridized carbons (Fsp3) is 0.704. The number of hydrogen-bond acceptors (Lipinski definition) is 1. The quantitative estimate of drug-likeness (QED) is 0.284. The molecule has 2 aliphatic rings. The summed E-state index contributed by atoms with van der Waals surface area (Å²) in [6.07, 6.45) is 19.9. The minimum absolute atomic E-state index is 0.220. The molecule has 0 radical (unpaired) electrons. The minimum Gasteiger partial charge on any atom is -0.494 e. The van der Waals surface area contributed by atoms with E-state index in [1.807, 2.05) is 13.0 Å². The van der Waals surface area contributed by atoms with E-state index >= 15 is 0 Å². The predicted molar refractivity (Wildman–Crippen MR) is 121 cm³/mol. The second kappa shape index (κ2) is 12.4. The number of allylic oxidation sites excluding steroid dienone is 2. The van der Waals surface area contributed by atoms with Crippen molar-refractivity contribution in [2.45, 2.75) is 89.9 Å². The molecule has 0 N–H and O–H groups in total. The Morgan fingerprint density at radius 3 is 2.10 bits per heavy atom. The summed E-state index contributed by atoms with van der Waals surface area (Å²) in [5, 5.41) is 0. The summed E-state index contributed by atoms with van der Waals surface area (Å²) in [7, 11) is 0. The number of benzene rings is 1. The summed E-state index contributed by atoms with van der Waals surface area (Å²) in [4.78, 5) is 0. The van der Waals surface area contributed by atoms with Gasteiger partial charge in [-0.2, -0.15) is 0 Å². The molecule has 0 aromatic heterocycles. The first-order valence-electron chi connectivity index (χ1n) is 12.2. The maximum absolute atomic E-state index is 12.1. The molecular formula is C27H41FO. The first-order valence-corrected chi connectivity index (χ1v) is 12.2. The number of unbranched alkanes of at least 4 members (excludes halogenated alkanes) is 1.